The summed E-state index contributed by atoms with van der Waals surface area (Å²) in [6.07, 6.45) is 2.61. The molecule has 1 aromatic heterocycles. The number of anilines is 1. The van der Waals surface area contributed by atoms with Gasteiger partial charge >= 0.3 is 5.97 Å². The predicted octanol–water partition coefficient (Wildman–Crippen LogP) is 1.66. The van der Waals surface area contributed by atoms with Crippen LogP contribution in [0.4, 0.5) is 5.82 Å². The molecule has 1 atom stereocenters. The van der Waals surface area contributed by atoms with E-state index in [-0.39, 0.29) is 11.6 Å². The average Bonchev–Trinajstić information content (AvgIpc) is 2.66. The molecule has 1 aliphatic heterocycles. The molecule has 0 radical (unpaired) electrons. The van der Waals surface area contributed by atoms with Crippen molar-refractivity contribution in [2.75, 3.05) is 25.5 Å². The average molecular weight is 300 g/mol. The van der Waals surface area contributed by atoms with Crippen LogP contribution in [-0.4, -0.2) is 47.1 Å². The number of nitrogens with zero attached hydrogens (tertiary/aromatic N) is 2. The maximum absolute atomic E-state index is 11.1. The molecule has 2 N–H and O–H groups in total. The lowest BCUT2D eigenvalue weighted by molar-refractivity contribution is 0.0697. The Labute approximate surface area is 108 Å². The van der Waals surface area contributed by atoms with Gasteiger partial charge in [0.1, 0.15) is 11.4 Å². The molecule has 1 fully saturated rings. The normalized spacial score (nSPS) is 20.5. The molecule has 6 heteroatoms. The number of pyridine rings is 1. The summed E-state index contributed by atoms with van der Waals surface area (Å²) in [5.74, 6) is -0.520. The highest BCUT2D eigenvalue weighted by Gasteiger charge is 2.21. The number of likely N-dealkylation sites (tertiary alicyclic amines) is 1. The predicted molar refractivity (Wildman–Crippen MR) is 68.4 cm³/mol. The van der Waals surface area contributed by atoms with E-state index in [1.165, 1.54) is 0 Å². The second-order valence-corrected chi connectivity index (χ2v) is 5.16. The lowest BCUT2D eigenvalue weighted by Gasteiger charge is -2.15. The van der Waals surface area contributed by atoms with Gasteiger partial charge in [0, 0.05) is 23.3 Å². The van der Waals surface area contributed by atoms with Crippen molar-refractivity contribution in [3.63, 3.8) is 0 Å². The van der Waals surface area contributed by atoms with Crippen LogP contribution in [0.2, 0.25) is 0 Å². The summed E-state index contributed by atoms with van der Waals surface area (Å²) >= 11 is 3.23. The van der Waals surface area contributed by atoms with E-state index >= 15 is 0 Å². The lowest BCUT2D eigenvalue weighted by Crippen LogP contribution is -2.25. The van der Waals surface area contributed by atoms with Crippen LogP contribution in [0.25, 0.3) is 0 Å². The van der Waals surface area contributed by atoms with Crippen LogP contribution < -0.4 is 5.32 Å². The fourth-order valence-electron chi connectivity index (χ4n) is 1.96. The molecule has 0 spiro atoms. The van der Waals surface area contributed by atoms with Crippen molar-refractivity contribution in [2.45, 2.75) is 12.5 Å². The maximum atomic E-state index is 11.1. The van der Waals surface area contributed by atoms with Gasteiger partial charge in [0.25, 0.3) is 0 Å². The van der Waals surface area contributed by atoms with Gasteiger partial charge in [-0.05, 0) is 42.0 Å². The molecule has 0 saturated carbocycles. The first-order valence-electron chi connectivity index (χ1n) is 5.40. The molecule has 0 aliphatic carbocycles. The van der Waals surface area contributed by atoms with Crippen LogP contribution in [0.3, 0.4) is 0 Å². The van der Waals surface area contributed by atoms with Crippen molar-refractivity contribution in [1.29, 1.82) is 0 Å². The molecule has 92 valence electrons. The van der Waals surface area contributed by atoms with Crippen LogP contribution >= 0.6 is 15.9 Å². The van der Waals surface area contributed by atoms with Crippen LogP contribution in [-0.2, 0) is 0 Å². The third-order valence-corrected chi connectivity index (χ3v) is 3.25. The van der Waals surface area contributed by atoms with E-state index in [0.717, 1.165) is 19.5 Å². The number of nitrogens with one attached hydrogen (secondary N) is 1. The molecular formula is C11H14BrN3O2. The minimum absolute atomic E-state index is 0.203. The molecule has 1 aliphatic rings. The van der Waals surface area contributed by atoms with Gasteiger partial charge in [-0.2, -0.15) is 0 Å². The van der Waals surface area contributed by atoms with Crippen molar-refractivity contribution >= 4 is 27.7 Å². The fourth-order valence-corrected chi connectivity index (χ4v) is 2.29. The number of rotatable bonds is 3. The summed E-state index contributed by atoms with van der Waals surface area (Å²) in [4.78, 5) is 17.4. The molecule has 0 bridgehead atoms. The minimum atomic E-state index is -0.965. The summed E-state index contributed by atoms with van der Waals surface area (Å²) in [5.41, 5.74) is 0.203. The van der Waals surface area contributed by atoms with Crippen molar-refractivity contribution in [2.24, 2.45) is 0 Å². The van der Waals surface area contributed by atoms with Crippen LogP contribution in [0.15, 0.2) is 16.7 Å². The number of aromatic carboxylic acids is 1. The number of hydrogen-bond acceptors (Lipinski definition) is 4. The zero-order valence-electron chi connectivity index (χ0n) is 9.48. The Morgan fingerprint density at radius 1 is 1.71 bits per heavy atom. The highest BCUT2D eigenvalue weighted by Crippen LogP contribution is 2.20. The van der Waals surface area contributed by atoms with Crippen LogP contribution in [0, 0.1) is 0 Å². The van der Waals surface area contributed by atoms with E-state index in [9.17, 15) is 4.79 Å². The molecule has 2 rings (SSSR count). The van der Waals surface area contributed by atoms with Gasteiger partial charge in [0.05, 0.1) is 0 Å². The SMILES string of the molecule is CN1CCC(Nc2ncc(Br)cc2C(=O)O)C1. The quantitative estimate of drug-likeness (QED) is 0.889. The molecule has 1 unspecified atom stereocenters. The largest absolute Gasteiger partial charge is 0.478 e. The summed E-state index contributed by atoms with van der Waals surface area (Å²) in [6, 6.07) is 1.84. The Bertz CT molecular complexity index is 439. The highest BCUT2D eigenvalue weighted by atomic mass is 79.9. The Kier molecular flexibility index (Phi) is 3.63. The molecule has 17 heavy (non-hydrogen) atoms. The maximum Gasteiger partial charge on any atom is 0.339 e. The summed E-state index contributed by atoms with van der Waals surface area (Å²) in [7, 11) is 2.05. The molecular weight excluding hydrogens is 286 g/mol. The Hall–Kier alpha value is -1.14. The van der Waals surface area contributed by atoms with Gasteiger partial charge in [-0.3, -0.25) is 0 Å². The van der Waals surface area contributed by atoms with E-state index in [4.69, 9.17) is 5.11 Å². The van der Waals surface area contributed by atoms with E-state index < -0.39 is 5.97 Å². The number of likely N-dealkylation sites (N-methyl/N-ethyl adjacent to an activating group) is 1. The van der Waals surface area contributed by atoms with Crippen LogP contribution in [0.1, 0.15) is 16.8 Å². The van der Waals surface area contributed by atoms with Crippen molar-refractivity contribution < 1.29 is 9.90 Å². The number of aromatic nitrogens is 1. The van der Waals surface area contributed by atoms with Gasteiger partial charge in [-0.1, -0.05) is 0 Å². The molecule has 5 nitrogen and oxygen atoms in total. The molecule has 2 heterocycles. The molecule has 0 aromatic carbocycles. The first kappa shape index (κ1) is 12.3. The third kappa shape index (κ3) is 2.95. The van der Waals surface area contributed by atoms with Gasteiger partial charge < -0.3 is 15.3 Å². The van der Waals surface area contributed by atoms with Crippen molar-refractivity contribution in [1.82, 2.24) is 9.88 Å². The van der Waals surface area contributed by atoms with Crippen molar-refractivity contribution in [3.05, 3.63) is 22.3 Å². The Morgan fingerprint density at radius 3 is 3.06 bits per heavy atom. The van der Waals surface area contributed by atoms with E-state index in [1.807, 2.05) is 0 Å². The van der Waals surface area contributed by atoms with Gasteiger partial charge in [-0.15, -0.1) is 0 Å². The Balaban J connectivity index is 2.17. The van der Waals surface area contributed by atoms with Crippen LogP contribution in [0.5, 0.6) is 0 Å². The monoisotopic (exact) mass is 299 g/mol. The first-order chi connectivity index (χ1) is 8.06. The summed E-state index contributed by atoms with van der Waals surface area (Å²) in [6.45, 7) is 1.94. The molecule has 1 aromatic rings. The number of halogens is 1. The Morgan fingerprint density at radius 2 is 2.47 bits per heavy atom. The zero-order chi connectivity index (χ0) is 12.4. The van der Waals surface area contributed by atoms with Gasteiger partial charge in [-0.25, -0.2) is 9.78 Å². The van der Waals surface area contributed by atoms with E-state index in [1.54, 1.807) is 12.3 Å². The second-order valence-electron chi connectivity index (χ2n) is 4.25. The van der Waals surface area contributed by atoms with Gasteiger partial charge in [0.15, 0.2) is 0 Å². The number of carboxylic acid groups (broad SMARTS) is 1. The smallest absolute Gasteiger partial charge is 0.339 e. The topological polar surface area (TPSA) is 65.5 Å². The second kappa shape index (κ2) is 5.01. The standard InChI is InChI=1S/C11H14BrN3O2/c1-15-3-2-8(6-15)14-10-9(11(16)17)4-7(12)5-13-10/h4-5,8H,2-3,6H2,1H3,(H,13,14)(H,16,17). The summed E-state index contributed by atoms with van der Waals surface area (Å²) in [5, 5.41) is 12.3. The minimum Gasteiger partial charge on any atom is -0.478 e. The molecule has 1 saturated heterocycles. The third-order valence-electron chi connectivity index (χ3n) is 2.82. The summed E-state index contributed by atoms with van der Waals surface area (Å²) < 4.78 is 0.670. The highest BCUT2D eigenvalue weighted by molar-refractivity contribution is 9.10. The zero-order valence-corrected chi connectivity index (χ0v) is 11.1. The lowest BCUT2D eigenvalue weighted by atomic mass is 10.2. The number of carbonyl (C=O) groups is 1. The van der Waals surface area contributed by atoms with E-state index in [0.29, 0.717) is 10.3 Å². The van der Waals surface area contributed by atoms with Gasteiger partial charge in [0.2, 0.25) is 0 Å². The number of carboxylic acids is 1. The fraction of sp³-hybridized carbons (Fsp3) is 0.455. The number of hydrogen-bond donors (Lipinski definition) is 2. The molecule has 0 amide bonds. The first-order valence-corrected chi connectivity index (χ1v) is 6.19. The van der Waals surface area contributed by atoms with E-state index in [2.05, 4.69) is 38.2 Å². The van der Waals surface area contributed by atoms with Crippen molar-refractivity contribution in [3.8, 4) is 0 Å².